The van der Waals surface area contributed by atoms with Gasteiger partial charge in [-0.05, 0) is 19.4 Å². The molecule has 1 saturated heterocycles. The van der Waals surface area contributed by atoms with Gasteiger partial charge < -0.3 is 15.5 Å². The van der Waals surface area contributed by atoms with Gasteiger partial charge in [-0.15, -0.1) is 0 Å². The van der Waals surface area contributed by atoms with E-state index in [1.807, 2.05) is 6.92 Å². The van der Waals surface area contributed by atoms with Crippen LogP contribution in [-0.2, 0) is 9.59 Å². The first-order chi connectivity index (χ1) is 7.70. The van der Waals surface area contributed by atoms with Crippen molar-refractivity contribution in [2.75, 3.05) is 26.7 Å². The van der Waals surface area contributed by atoms with E-state index in [1.54, 1.807) is 11.9 Å². The summed E-state index contributed by atoms with van der Waals surface area (Å²) in [7, 11) is 1.61. The number of nitrogens with one attached hydrogen (secondary N) is 2. The van der Waals surface area contributed by atoms with Crippen molar-refractivity contribution >= 4 is 11.8 Å². The number of nitrogens with zero attached hydrogens (tertiary/aromatic N) is 1. The van der Waals surface area contributed by atoms with Gasteiger partial charge in [-0.2, -0.15) is 0 Å². The SMILES string of the molecule is CCNCCC(=O)N1CCCC1C(=O)NC. The zero-order chi connectivity index (χ0) is 12.0. The van der Waals surface area contributed by atoms with Crippen molar-refractivity contribution in [2.24, 2.45) is 0 Å². The number of likely N-dealkylation sites (tertiary alicyclic amines) is 1. The molecule has 2 amide bonds. The van der Waals surface area contributed by atoms with Crippen LogP contribution in [0.2, 0.25) is 0 Å². The molecule has 0 aliphatic carbocycles. The number of hydrogen-bond donors (Lipinski definition) is 2. The molecule has 0 radical (unpaired) electrons. The van der Waals surface area contributed by atoms with Crippen molar-refractivity contribution in [3.8, 4) is 0 Å². The van der Waals surface area contributed by atoms with E-state index in [9.17, 15) is 9.59 Å². The van der Waals surface area contributed by atoms with Crippen LogP contribution in [-0.4, -0.2) is 49.4 Å². The number of carbonyl (C=O) groups is 2. The Morgan fingerprint density at radius 2 is 2.19 bits per heavy atom. The van der Waals surface area contributed by atoms with E-state index >= 15 is 0 Å². The number of hydrogen-bond acceptors (Lipinski definition) is 3. The highest BCUT2D eigenvalue weighted by Crippen LogP contribution is 2.18. The van der Waals surface area contributed by atoms with Crippen molar-refractivity contribution in [2.45, 2.75) is 32.2 Å². The Labute approximate surface area is 96.6 Å². The van der Waals surface area contributed by atoms with Gasteiger partial charge in [0.15, 0.2) is 0 Å². The average molecular weight is 227 g/mol. The predicted octanol–water partition coefficient (Wildman–Crippen LogP) is -0.277. The molecule has 1 rings (SSSR count). The molecule has 0 saturated carbocycles. The maximum atomic E-state index is 11.9. The number of rotatable bonds is 5. The highest BCUT2D eigenvalue weighted by Gasteiger charge is 2.32. The summed E-state index contributed by atoms with van der Waals surface area (Å²) >= 11 is 0. The molecule has 1 unspecified atom stereocenters. The van der Waals surface area contributed by atoms with E-state index in [1.165, 1.54) is 0 Å². The van der Waals surface area contributed by atoms with E-state index in [4.69, 9.17) is 0 Å². The third kappa shape index (κ3) is 3.20. The van der Waals surface area contributed by atoms with Crippen molar-refractivity contribution in [3.63, 3.8) is 0 Å². The second kappa shape index (κ2) is 6.48. The first kappa shape index (κ1) is 13.0. The van der Waals surface area contributed by atoms with Gasteiger partial charge in [0, 0.05) is 26.6 Å². The standard InChI is InChI=1S/C11H21N3O2/c1-3-13-7-6-10(15)14-8-4-5-9(14)11(16)12-2/h9,13H,3-8H2,1-2H3,(H,12,16). The van der Waals surface area contributed by atoms with Crippen LogP contribution in [0.1, 0.15) is 26.2 Å². The van der Waals surface area contributed by atoms with Crippen molar-refractivity contribution in [3.05, 3.63) is 0 Å². The van der Waals surface area contributed by atoms with Gasteiger partial charge in [-0.25, -0.2) is 0 Å². The average Bonchev–Trinajstić information content (AvgIpc) is 2.77. The summed E-state index contributed by atoms with van der Waals surface area (Å²) in [6.45, 7) is 4.27. The fraction of sp³-hybridized carbons (Fsp3) is 0.818. The minimum atomic E-state index is -0.251. The van der Waals surface area contributed by atoms with E-state index in [0.29, 0.717) is 19.5 Å². The van der Waals surface area contributed by atoms with Crippen LogP contribution < -0.4 is 10.6 Å². The van der Waals surface area contributed by atoms with E-state index < -0.39 is 0 Å². The van der Waals surface area contributed by atoms with Crippen molar-refractivity contribution < 1.29 is 9.59 Å². The molecule has 5 heteroatoms. The first-order valence-corrected chi connectivity index (χ1v) is 5.92. The summed E-state index contributed by atoms with van der Waals surface area (Å²) in [6.07, 6.45) is 2.18. The molecule has 1 atom stereocenters. The minimum absolute atomic E-state index is 0.0469. The molecular weight excluding hydrogens is 206 g/mol. The Bertz CT molecular complexity index is 256. The smallest absolute Gasteiger partial charge is 0.242 e. The summed E-state index contributed by atoms with van der Waals surface area (Å²) in [4.78, 5) is 25.1. The molecule has 2 N–H and O–H groups in total. The first-order valence-electron chi connectivity index (χ1n) is 5.92. The zero-order valence-corrected chi connectivity index (χ0v) is 10.1. The lowest BCUT2D eigenvalue weighted by molar-refractivity contribution is -0.138. The van der Waals surface area contributed by atoms with Gasteiger partial charge in [-0.3, -0.25) is 9.59 Å². The summed E-state index contributed by atoms with van der Waals surface area (Å²) < 4.78 is 0. The minimum Gasteiger partial charge on any atom is -0.357 e. The summed E-state index contributed by atoms with van der Waals surface area (Å²) in [5.74, 6) is 0.0290. The highest BCUT2D eigenvalue weighted by molar-refractivity contribution is 5.88. The molecule has 0 aromatic heterocycles. The van der Waals surface area contributed by atoms with Crippen LogP contribution in [0.4, 0.5) is 0 Å². The van der Waals surface area contributed by atoms with Crippen LogP contribution in [0.15, 0.2) is 0 Å². The Balaban J connectivity index is 2.44. The topological polar surface area (TPSA) is 61.4 Å². The molecule has 0 bridgehead atoms. The molecular formula is C11H21N3O2. The second-order valence-corrected chi connectivity index (χ2v) is 3.96. The monoisotopic (exact) mass is 227 g/mol. The Hall–Kier alpha value is -1.10. The normalized spacial score (nSPS) is 19.9. The Kier molecular flexibility index (Phi) is 5.25. The van der Waals surface area contributed by atoms with E-state index in [0.717, 1.165) is 19.4 Å². The molecule has 1 fully saturated rings. The summed E-state index contributed by atoms with van der Waals surface area (Å²) in [5, 5.41) is 5.72. The fourth-order valence-electron chi connectivity index (χ4n) is 2.02. The Morgan fingerprint density at radius 3 is 2.81 bits per heavy atom. The van der Waals surface area contributed by atoms with Gasteiger partial charge in [-0.1, -0.05) is 6.92 Å². The Morgan fingerprint density at radius 1 is 1.44 bits per heavy atom. The van der Waals surface area contributed by atoms with Crippen LogP contribution in [0.25, 0.3) is 0 Å². The highest BCUT2D eigenvalue weighted by atomic mass is 16.2. The van der Waals surface area contributed by atoms with Gasteiger partial charge in [0.2, 0.25) is 11.8 Å². The van der Waals surface area contributed by atoms with Gasteiger partial charge in [0.1, 0.15) is 6.04 Å². The van der Waals surface area contributed by atoms with Crippen LogP contribution in [0.3, 0.4) is 0 Å². The number of likely N-dealkylation sites (N-methyl/N-ethyl adjacent to an activating group) is 1. The quantitative estimate of drug-likeness (QED) is 0.635. The maximum absolute atomic E-state index is 11.9. The molecule has 0 spiro atoms. The van der Waals surface area contributed by atoms with Crippen LogP contribution in [0, 0.1) is 0 Å². The molecule has 1 heterocycles. The van der Waals surface area contributed by atoms with Gasteiger partial charge in [0.25, 0.3) is 0 Å². The lowest BCUT2D eigenvalue weighted by atomic mass is 10.2. The second-order valence-electron chi connectivity index (χ2n) is 3.96. The zero-order valence-electron chi connectivity index (χ0n) is 10.1. The van der Waals surface area contributed by atoms with Crippen LogP contribution >= 0.6 is 0 Å². The van der Waals surface area contributed by atoms with Crippen molar-refractivity contribution in [1.29, 1.82) is 0 Å². The van der Waals surface area contributed by atoms with Crippen LogP contribution in [0.5, 0.6) is 0 Å². The summed E-state index contributed by atoms with van der Waals surface area (Å²) in [5.41, 5.74) is 0. The molecule has 1 aliphatic heterocycles. The van der Waals surface area contributed by atoms with Gasteiger partial charge in [0.05, 0.1) is 0 Å². The largest absolute Gasteiger partial charge is 0.357 e. The predicted molar refractivity (Wildman–Crippen MR) is 62.0 cm³/mol. The number of amides is 2. The van der Waals surface area contributed by atoms with E-state index in [2.05, 4.69) is 10.6 Å². The van der Waals surface area contributed by atoms with Gasteiger partial charge >= 0.3 is 0 Å². The fourth-order valence-corrected chi connectivity index (χ4v) is 2.02. The molecule has 92 valence electrons. The molecule has 5 nitrogen and oxygen atoms in total. The lowest BCUT2D eigenvalue weighted by Crippen LogP contribution is -2.45. The number of carbonyl (C=O) groups excluding carboxylic acids is 2. The molecule has 0 aromatic rings. The molecule has 16 heavy (non-hydrogen) atoms. The lowest BCUT2D eigenvalue weighted by Gasteiger charge is -2.23. The summed E-state index contributed by atoms with van der Waals surface area (Å²) in [6, 6.07) is -0.251. The third-order valence-electron chi connectivity index (χ3n) is 2.89. The molecule has 1 aliphatic rings. The van der Waals surface area contributed by atoms with Crippen molar-refractivity contribution in [1.82, 2.24) is 15.5 Å². The maximum Gasteiger partial charge on any atom is 0.242 e. The third-order valence-corrected chi connectivity index (χ3v) is 2.89. The van der Waals surface area contributed by atoms with E-state index in [-0.39, 0.29) is 17.9 Å². The molecule has 0 aromatic carbocycles.